The molecular weight excluding hydrogens is 607 g/mol. The van der Waals surface area contributed by atoms with Crippen molar-refractivity contribution < 1.29 is 0 Å². The van der Waals surface area contributed by atoms with Crippen LogP contribution in [0.2, 0.25) is 0 Å². The number of aromatic amines is 2. The van der Waals surface area contributed by atoms with Gasteiger partial charge in [0.25, 0.3) is 0 Å². The van der Waals surface area contributed by atoms with Gasteiger partial charge in [-0.1, -0.05) is 77.9 Å². The highest BCUT2D eigenvalue weighted by Crippen LogP contribution is 2.39. The fourth-order valence-electron chi connectivity index (χ4n) is 6.77. The van der Waals surface area contributed by atoms with E-state index >= 15 is 0 Å². The van der Waals surface area contributed by atoms with Crippen molar-refractivity contribution in [3.8, 4) is 45.6 Å². The predicted octanol–water partition coefficient (Wildman–Crippen LogP) is 9.63. The fourth-order valence-corrected chi connectivity index (χ4v) is 6.77. The second-order valence-electron chi connectivity index (χ2n) is 13.9. The Morgan fingerprint density at radius 3 is 1.37 bits per heavy atom. The van der Waals surface area contributed by atoms with Gasteiger partial charge in [-0.3, -0.25) is 4.98 Å². The molecule has 0 aliphatic carbocycles. The normalized spacial score (nSPS) is 12.4. The Hall–Kier alpha value is -5.83. The molecule has 0 unspecified atom stereocenters. The molecule has 9 rings (SSSR count). The van der Waals surface area contributed by atoms with Crippen molar-refractivity contribution in [1.82, 2.24) is 44.9 Å². The summed E-state index contributed by atoms with van der Waals surface area (Å²) in [6, 6.07) is 21.4. The molecule has 4 aromatic heterocycles. The minimum absolute atomic E-state index is 0.344. The maximum atomic E-state index is 5.22. The van der Waals surface area contributed by atoms with E-state index in [1.807, 2.05) is 12.3 Å². The van der Waals surface area contributed by atoms with Crippen molar-refractivity contribution >= 4 is 44.1 Å². The summed E-state index contributed by atoms with van der Waals surface area (Å²) in [5.41, 5.74) is 10.1. The molecule has 2 aliphatic heterocycles. The van der Waals surface area contributed by atoms with E-state index in [0.717, 1.165) is 43.8 Å². The predicted molar refractivity (Wildman–Crippen MR) is 196 cm³/mol. The van der Waals surface area contributed by atoms with E-state index in [2.05, 4.69) is 111 Å². The number of nitrogens with zero attached hydrogens (tertiary/aromatic N) is 7. The molecule has 0 saturated heterocycles. The van der Waals surface area contributed by atoms with Crippen molar-refractivity contribution in [2.24, 2.45) is 0 Å². The van der Waals surface area contributed by atoms with Crippen LogP contribution in [0.1, 0.15) is 76.0 Å². The van der Waals surface area contributed by atoms with Crippen LogP contribution < -0.4 is 0 Å². The second-order valence-corrected chi connectivity index (χ2v) is 13.9. The molecule has 9 heteroatoms. The van der Waals surface area contributed by atoms with Gasteiger partial charge >= 0.3 is 0 Å². The van der Waals surface area contributed by atoms with E-state index in [-0.39, 0.29) is 0 Å². The highest BCUT2D eigenvalue weighted by atomic mass is 15.1. The van der Waals surface area contributed by atoms with Gasteiger partial charge in [0.05, 0.1) is 0 Å². The average molecular weight is 642 g/mol. The number of aromatic nitrogens is 9. The fraction of sp³-hybridized carbons (Fsp3) is 0.225. The maximum Gasteiger partial charge on any atom is 0.164 e. The number of rotatable bonds is 3. The number of pyridine rings is 1. The molecule has 240 valence electrons. The van der Waals surface area contributed by atoms with Crippen molar-refractivity contribution in [2.45, 2.75) is 59.3 Å². The van der Waals surface area contributed by atoms with Gasteiger partial charge in [0.15, 0.2) is 23.3 Å². The van der Waals surface area contributed by atoms with Crippen molar-refractivity contribution in [3.05, 3.63) is 89.7 Å². The molecular formula is C40H35N9. The number of H-pyrrole nitrogens is 2. The molecule has 3 aromatic carbocycles. The number of fused-ring (bicyclic) bond motifs is 20. The van der Waals surface area contributed by atoms with Gasteiger partial charge in [0.2, 0.25) is 0 Å². The molecule has 49 heavy (non-hydrogen) atoms. The Kier molecular flexibility index (Phi) is 6.49. The molecule has 0 fully saturated rings. The third-order valence-corrected chi connectivity index (χ3v) is 9.70. The average Bonchev–Trinajstić information content (AvgIpc) is 3.82. The molecule has 8 bridgehead atoms. The lowest BCUT2D eigenvalue weighted by Crippen LogP contribution is -1.90. The van der Waals surface area contributed by atoms with Crippen molar-refractivity contribution in [2.75, 3.05) is 0 Å². The number of nitrogens with one attached hydrogen (secondary N) is 2. The summed E-state index contributed by atoms with van der Waals surface area (Å²) in [6.45, 7) is 13.2. The van der Waals surface area contributed by atoms with Gasteiger partial charge in [-0.25, -0.2) is 29.9 Å². The highest BCUT2D eigenvalue weighted by Gasteiger charge is 2.24. The molecule has 2 aliphatic rings. The lowest BCUT2D eigenvalue weighted by atomic mass is 9.98. The summed E-state index contributed by atoms with van der Waals surface area (Å²) >= 11 is 0. The molecule has 9 nitrogen and oxygen atoms in total. The van der Waals surface area contributed by atoms with Gasteiger partial charge < -0.3 is 9.97 Å². The van der Waals surface area contributed by atoms with E-state index in [1.165, 1.54) is 16.7 Å². The Labute approximate surface area is 283 Å². The number of hydrogen-bond acceptors (Lipinski definition) is 7. The van der Waals surface area contributed by atoms with E-state index in [4.69, 9.17) is 29.9 Å². The van der Waals surface area contributed by atoms with Crippen molar-refractivity contribution in [1.29, 1.82) is 0 Å². The number of hydrogen-bond donors (Lipinski definition) is 2. The third kappa shape index (κ3) is 4.71. The van der Waals surface area contributed by atoms with Gasteiger partial charge in [-0.05, 0) is 58.7 Å². The Bertz CT molecular complexity index is 2650. The molecule has 0 spiro atoms. The first-order valence-electron chi connectivity index (χ1n) is 16.9. The molecule has 0 amide bonds. The standard InChI is InChI=1S/C40H35N9/c1-19(2)22-7-10-25-29(15-22)37-42-33(25)44-38-31-17-24(21(5)6)9-12-27(31)35(46-38)48-40-32-18-41-14-13-28(32)36(49-40)47-39-30-16-23(20(3)4)8-11-26(30)34(43-37)45-39/h7-21H,1-6H3,(H2,42,43,44,45,46,47,48,49). The van der Waals surface area contributed by atoms with E-state index in [0.29, 0.717) is 63.6 Å². The molecule has 0 atom stereocenters. The first-order chi connectivity index (χ1) is 23.7. The molecule has 0 radical (unpaired) electrons. The summed E-state index contributed by atoms with van der Waals surface area (Å²) in [5, 5.41) is 3.70. The minimum atomic E-state index is 0.344. The van der Waals surface area contributed by atoms with Crippen LogP contribution in [0.5, 0.6) is 0 Å². The minimum Gasteiger partial charge on any atom is -0.324 e. The van der Waals surface area contributed by atoms with E-state index in [1.54, 1.807) is 6.20 Å². The number of benzene rings is 3. The Balaban J connectivity index is 1.47. The van der Waals surface area contributed by atoms with E-state index < -0.39 is 0 Å². The third-order valence-electron chi connectivity index (χ3n) is 9.70. The van der Waals surface area contributed by atoms with Crippen LogP contribution in [0.3, 0.4) is 0 Å². The maximum absolute atomic E-state index is 5.22. The van der Waals surface area contributed by atoms with Crippen LogP contribution >= 0.6 is 0 Å². The van der Waals surface area contributed by atoms with Crippen LogP contribution in [0, 0.1) is 0 Å². The molecule has 0 saturated carbocycles. The lowest BCUT2D eigenvalue weighted by Gasteiger charge is -2.07. The van der Waals surface area contributed by atoms with Crippen LogP contribution in [0.4, 0.5) is 0 Å². The zero-order valence-electron chi connectivity index (χ0n) is 28.3. The molecule has 6 heterocycles. The quantitative estimate of drug-likeness (QED) is 0.197. The first kappa shape index (κ1) is 29.3. The van der Waals surface area contributed by atoms with Gasteiger partial charge in [0.1, 0.15) is 22.6 Å². The van der Waals surface area contributed by atoms with Crippen LogP contribution in [0.15, 0.2) is 73.1 Å². The monoisotopic (exact) mass is 641 g/mol. The van der Waals surface area contributed by atoms with Crippen molar-refractivity contribution in [3.63, 3.8) is 0 Å². The van der Waals surface area contributed by atoms with Gasteiger partial charge in [-0.15, -0.1) is 0 Å². The van der Waals surface area contributed by atoms with Gasteiger partial charge in [-0.2, -0.15) is 0 Å². The highest BCUT2D eigenvalue weighted by molar-refractivity contribution is 6.06. The zero-order chi connectivity index (χ0) is 33.6. The summed E-state index contributed by atoms with van der Waals surface area (Å²) < 4.78 is 0. The van der Waals surface area contributed by atoms with Crippen LogP contribution in [-0.4, -0.2) is 44.9 Å². The van der Waals surface area contributed by atoms with Crippen LogP contribution in [-0.2, 0) is 0 Å². The Morgan fingerprint density at radius 1 is 0.408 bits per heavy atom. The summed E-state index contributed by atoms with van der Waals surface area (Å²) in [6.07, 6.45) is 3.59. The lowest BCUT2D eigenvalue weighted by molar-refractivity contribution is 0.867. The second kappa shape index (κ2) is 10.8. The Morgan fingerprint density at radius 2 is 0.837 bits per heavy atom. The van der Waals surface area contributed by atoms with Gasteiger partial charge in [0, 0.05) is 56.2 Å². The van der Waals surface area contributed by atoms with Crippen LogP contribution in [0.25, 0.3) is 89.7 Å². The molecule has 2 N–H and O–H groups in total. The first-order valence-corrected chi connectivity index (χ1v) is 16.9. The largest absolute Gasteiger partial charge is 0.324 e. The van der Waals surface area contributed by atoms with E-state index in [9.17, 15) is 0 Å². The SMILES string of the molecule is CC(C)c1ccc2c(c1)-c1nc-2nc2[nH]c(nc3nc(nc4[nH]c(n1)c1ccncc41)-c1ccc(C(C)C)cc1-3)c1ccc(C(C)C)cc21. The topological polar surface area (TPSA) is 122 Å². The smallest absolute Gasteiger partial charge is 0.164 e. The zero-order valence-corrected chi connectivity index (χ0v) is 28.3. The summed E-state index contributed by atoms with van der Waals surface area (Å²) in [7, 11) is 0. The summed E-state index contributed by atoms with van der Waals surface area (Å²) in [5.74, 6) is 3.42. The molecule has 7 aromatic rings. The summed E-state index contributed by atoms with van der Waals surface area (Å²) in [4.78, 5) is 42.3.